The second kappa shape index (κ2) is 6.02. The summed E-state index contributed by atoms with van der Waals surface area (Å²) in [7, 11) is 0. The van der Waals surface area contributed by atoms with E-state index in [1.165, 1.54) is 0 Å². The number of aromatic nitrogens is 1. The Bertz CT molecular complexity index is 506. The van der Waals surface area contributed by atoms with Gasteiger partial charge in [-0.2, -0.15) is 0 Å². The number of hydrogen-bond donors (Lipinski definition) is 2. The Morgan fingerprint density at radius 1 is 1.61 bits per heavy atom. The van der Waals surface area contributed by atoms with E-state index in [1.54, 1.807) is 13.0 Å². The molecule has 1 aromatic heterocycles. The van der Waals surface area contributed by atoms with Gasteiger partial charge < -0.3 is 14.9 Å². The third-order valence-electron chi connectivity index (χ3n) is 2.27. The van der Waals surface area contributed by atoms with Crippen LogP contribution < -0.4 is 5.56 Å². The van der Waals surface area contributed by atoms with Crippen LogP contribution >= 0.6 is 0 Å². The van der Waals surface area contributed by atoms with Crippen LogP contribution in [0.25, 0.3) is 0 Å². The highest BCUT2D eigenvalue weighted by Gasteiger charge is 2.15. The molecule has 0 spiro atoms. The fourth-order valence-corrected chi connectivity index (χ4v) is 1.49. The molecule has 1 aromatic rings. The molecule has 1 atom stereocenters. The van der Waals surface area contributed by atoms with Crippen LogP contribution in [-0.2, 0) is 11.3 Å². The summed E-state index contributed by atoms with van der Waals surface area (Å²) in [5.74, 6) is -1.65. The molecule has 0 aliphatic rings. The second-order valence-electron chi connectivity index (χ2n) is 3.79. The highest BCUT2D eigenvalue weighted by atomic mass is 16.5. The Hall–Kier alpha value is -2.08. The monoisotopic (exact) mass is 253 g/mol. The van der Waals surface area contributed by atoms with Crippen LogP contribution in [0.1, 0.15) is 17.4 Å². The van der Waals surface area contributed by atoms with Crippen molar-refractivity contribution in [3.8, 4) is 5.75 Å². The molecule has 1 unspecified atom stereocenters. The van der Waals surface area contributed by atoms with Crippen LogP contribution in [0.2, 0.25) is 0 Å². The first-order valence-electron chi connectivity index (χ1n) is 5.35. The number of rotatable bonds is 6. The summed E-state index contributed by atoms with van der Waals surface area (Å²) in [6, 6.07) is 2.00. The lowest BCUT2D eigenvalue weighted by Gasteiger charge is -2.15. The van der Waals surface area contributed by atoms with E-state index in [0.29, 0.717) is 6.61 Å². The molecule has 98 valence electrons. The van der Waals surface area contributed by atoms with Crippen molar-refractivity contribution in [3.63, 3.8) is 0 Å². The zero-order valence-electron chi connectivity index (χ0n) is 10.00. The van der Waals surface area contributed by atoms with Crippen LogP contribution in [0.4, 0.5) is 0 Å². The Kier molecular flexibility index (Phi) is 4.67. The van der Waals surface area contributed by atoms with E-state index in [2.05, 4.69) is 6.58 Å². The van der Waals surface area contributed by atoms with Crippen molar-refractivity contribution in [2.45, 2.75) is 19.6 Å². The molecule has 0 fully saturated rings. The maximum Gasteiger partial charge on any atom is 0.352 e. The molecule has 18 heavy (non-hydrogen) atoms. The minimum Gasteiger partial charge on any atom is -0.508 e. The van der Waals surface area contributed by atoms with Crippen LogP contribution in [0.15, 0.2) is 29.6 Å². The highest BCUT2D eigenvalue weighted by Crippen LogP contribution is 2.09. The van der Waals surface area contributed by atoms with Gasteiger partial charge in [-0.1, -0.05) is 6.08 Å². The second-order valence-corrected chi connectivity index (χ2v) is 3.79. The molecular weight excluding hydrogens is 238 g/mol. The van der Waals surface area contributed by atoms with Gasteiger partial charge in [0.25, 0.3) is 5.56 Å². The zero-order chi connectivity index (χ0) is 13.7. The maximum absolute atomic E-state index is 11.6. The molecule has 1 heterocycles. The molecule has 0 radical (unpaired) electrons. The smallest absolute Gasteiger partial charge is 0.352 e. The van der Waals surface area contributed by atoms with E-state index < -0.39 is 11.5 Å². The lowest BCUT2D eigenvalue weighted by atomic mass is 10.3. The topological polar surface area (TPSA) is 88.8 Å². The molecule has 0 aliphatic carbocycles. The molecule has 0 saturated carbocycles. The first-order valence-corrected chi connectivity index (χ1v) is 5.35. The molecule has 1 rings (SSSR count). The number of aromatic carboxylic acids is 1. The summed E-state index contributed by atoms with van der Waals surface area (Å²) in [6.45, 7) is 5.62. The normalized spacial score (nSPS) is 12.1. The van der Waals surface area contributed by atoms with Gasteiger partial charge >= 0.3 is 5.97 Å². The standard InChI is InChI=1S/C12H15NO5/c1-3-4-18-8(2)7-13-10(12(16)17)5-9(14)6-11(13)15/h3,5-6,8,14H,1,4,7H2,2H3,(H,16,17). The largest absolute Gasteiger partial charge is 0.508 e. The van der Waals surface area contributed by atoms with Gasteiger partial charge in [0.2, 0.25) is 0 Å². The highest BCUT2D eigenvalue weighted by molar-refractivity contribution is 5.86. The number of aromatic hydroxyl groups is 1. The van der Waals surface area contributed by atoms with Gasteiger partial charge in [0, 0.05) is 12.1 Å². The Labute approximate surface area is 104 Å². The zero-order valence-corrected chi connectivity index (χ0v) is 10.00. The summed E-state index contributed by atoms with van der Waals surface area (Å²) in [5.41, 5.74) is -0.851. The number of carboxylic acids is 1. The van der Waals surface area contributed by atoms with E-state index in [-0.39, 0.29) is 24.1 Å². The lowest BCUT2D eigenvalue weighted by Crippen LogP contribution is -2.30. The lowest BCUT2D eigenvalue weighted by molar-refractivity contribution is 0.0637. The number of nitrogens with zero attached hydrogens (tertiary/aromatic N) is 1. The van der Waals surface area contributed by atoms with E-state index in [9.17, 15) is 14.7 Å². The first-order chi connectivity index (χ1) is 8.45. The van der Waals surface area contributed by atoms with Crippen LogP contribution in [0.3, 0.4) is 0 Å². The fourth-order valence-electron chi connectivity index (χ4n) is 1.49. The quantitative estimate of drug-likeness (QED) is 0.733. The van der Waals surface area contributed by atoms with Gasteiger partial charge in [0.1, 0.15) is 11.4 Å². The fraction of sp³-hybridized carbons (Fsp3) is 0.333. The minimum atomic E-state index is -1.28. The van der Waals surface area contributed by atoms with Crippen molar-refractivity contribution < 1.29 is 19.7 Å². The average Bonchev–Trinajstić information content (AvgIpc) is 2.29. The van der Waals surface area contributed by atoms with Gasteiger partial charge in [-0.05, 0) is 6.92 Å². The molecule has 2 N–H and O–H groups in total. The summed E-state index contributed by atoms with van der Waals surface area (Å²) < 4.78 is 6.33. The van der Waals surface area contributed by atoms with Gasteiger partial charge in [-0.3, -0.25) is 9.36 Å². The number of carboxylic acid groups (broad SMARTS) is 1. The van der Waals surface area contributed by atoms with E-state index >= 15 is 0 Å². The molecule has 0 bridgehead atoms. The van der Waals surface area contributed by atoms with E-state index in [0.717, 1.165) is 16.7 Å². The number of carbonyl (C=O) groups is 1. The van der Waals surface area contributed by atoms with Crippen molar-refractivity contribution >= 4 is 5.97 Å². The Balaban J connectivity index is 3.03. The first kappa shape index (κ1) is 14.0. The number of pyridine rings is 1. The van der Waals surface area contributed by atoms with Crippen LogP contribution in [0, 0.1) is 0 Å². The number of ether oxygens (including phenoxy) is 1. The van der Waals surface area contributed by atoms with Crippen molar-refractivity contribution in [2.75, 3.05) is 6.61 Å². The Morgan fingerprint density at radius 2 is 2.28 bits per heavy atom. The molecule has 6 nitrogen and oxygen atoms in total. The van der Waals surface area contributed by atoms with Crippen molar-refractivity contribution in [1.29, 1.82) is 0 Å². The summed E-state index contributed by atoms with van der Waals surface area (Å²) in [6.07, 6.45) is 1.22. The third kappa shape index (κ3) is 3.46. The van der Waals surface area contributed by atoms with E-state index in [1.807, 2.05) is 0 Å². The van der Waals surface area contributed by atoms with E-state index in [4.69, 9.17) is 9.84 Å². The summed E-state index contributed by atoms with van der Waals surface area (Å²) in [5, 5.41) is 18.2. The summed E-state index contributed by atoms with van der Waals surface area (Å²) in [4.78, 5) is 22.6. The average molecular weight is 253 g/mol. The molecule has 0 saturated heterocycles. The van der Waals surface area contributed by atoms with Crippen LogP contribution in [-0.4, -0.2) is 33.5 Å². The molecule has 0 aliphatic heterocycles. The third-order valence-corrected chi connectivity index (χ3v) is 2.27. The molecular formula is C12H15NO5. The van der Waals surface area contributed by atoms with Crippen molar-refractivity contribution in [2.24, 2.45) is 0 Å². The van der Waals surface area contributed by atoms with Crippen molar-refractivity contribution in [3.05, 3.63) is 40.8 Å². The van der Waals surface area contributed by atoms with Gasteiger partial charge in [-0.25, -0.2) is 4.79 Å². The van der Waals surface area contributed by atoms with Gasteiger partial charge in [0.05, 0.1) is 19.3 Å². The predicted molar refractivity (Wildman–Crippen MR) is 64.9 cm³/mol. The number of hydrogen-bond acceptors (Lipinski definition) is 4. The summed E-state index contributed by atoms with van der Waals surface area (Å²) >= 11 is 0. The Morgan fingerprint density at radius 3 is 2.83 bits per heavy atom. The predicted octanol–water partition coefficient (Wildman–Crippen LogP) is 0.843. The maximum atomic E-state index is 11.6. The van der Waals surface area contributed by atoms with Crippen LogP contribution in [0.5, 0.6) is 5.75 Å². The minimum absolute atomic E-state index is 0.0919. The van der Waals surface area contributed by atoms with Gasteiger partial charge in [-0.15, -0.1) is 6.58 Å². The van der Waals surface area contributed by atoms with Gasteiger partial charge in [0.15, 0.2) is 0 Å². The molecule has 0 aromatic carbocycles. The molecule has 0 amide bonds. The van der Waals surface area contributed by atoms with Crippen molar-refractivity contribution in [1.82, 2.24) is 4.57 Å². The SMILES string of the molecule is C=CCOC(C)Cn1c(C(=O)O)cc(O)cc1=O. The molecule has 6 heteroatoms.